The molecule has 1 N–H and O–H groups in total. The van der Waals surface area contributed by atoms with Crippen molar-refractivity contribution in [1.82, 2.24) is 10.2 Å². The van der Waals surface area contributed by atoms with Gasteiger partial charge in [-0.05, 0) is 43.3 Å². The van der Waals surface area contributed by atoms with Gasteiger partial charge in [0.2, 0.25) is 5.91 Å². The average molecular weight is 342 g/mol. The van der Waals surface area contributed by atoms with Gasteiger partial charge in [0.1, 0.15) is 0 Å². The second kappa shape index (κ2) is 7.62. The number of aryl methyl sites for hydroxylation is 1. The molecule has 0 atom stereocenters. The van der Waals surface area contributed by atoms with E-state index in [4.69, 9.17) is 0 Å². The molecule has 1 aliphatic heterocycles. The standard InChI is InChI=1S/C19H22N2O2S/c1-14-4-6-15(7-5-14)19(23)21-10-8-16(9-11-21)20-18(22)13-17-3-2-12-24-17/h2-7,12,16H,8-11,13H2,1H3,(H,20,22). The van der Waals surface area contributed by atoms with Crippen LogP contribution in [0.4, 0.5) is 0 Å². The van der Waals surface area contributed by atoms with Gasteiger partial charge in [-0.2, -0.15) is 0 Å². The summed E-state index contributed by atoms with van der Waals surface area (Å²) in [4.78, 5) is 27.5. The van der Waals surface area contributed by atoms with E-state index in [9.17, 15) is 9.59 Å². The van der Waals surface area contributed by atoms with Crippen molar-refractivity contribution in [3.05, 3.63) is 57.8 Å². The monoisotopic (exact) mass is 342 g/mol. The van der Waals surface area contributed by atoms with Crippen molar-refractivity contribution in [2.24, 2.45) is 0 Å². The Morgan fingerprint density at radius 3 is 2.50 bits per heavy atom. The third-order valence-electron chi connectivity index (χ3n) is 4.36. The van der Waals surface area contributed by atoms with Gasteiger partial charge in [0.05, 0.1) is 6.42 Å². The first-order valence-electron chi connectivity index (χ1n) is 8.29. The van der Waals surface area contributed by atoms with Crippen LogP contribution in [0, 0.1) is 6.92 Å². The number of hydrogen-bond donors (Lipinski definition) is 1. The SMILES string of the molecule is Cc1ccc(C(=O)N2CCC(NC(=O)Cc3cccs3)CC2)cc1. The summed E-state index contributed by atoms with van der Waals surface area (Å²) in [7, 11) is 0. The van der Waals surface area contributed by atoms with Crippen LogP contribution in [0.5, 0.6) is 0 Å². The highest BCUT2D eigenvalue weighted by atomic mass is 32.1. The Kier molecular flexibility index (Phi) is 5.30. The van der Waals surface area contributed by atoms with Gasteiger partial charge >= 0.3 is 0 Å². The number of hydrogen-bond acceptors (Lipinski definition) is 3. The number of thiophene rings is 1. The average Bonchev–Trinajstić information content (AvgIpc) is 3.08. The Morgan fingerprint density at radius 1 is 1.17 bits per heavy atom. The van der Waals surface area contributed by atoms with Crippen LogP contribution in [0.1, 0.15) is 33.6 Å². The van der Waals surface area contributed by atoms with E-state index in [1.54, 1.807) is 11.3 Å². The summed E-state index contributed by atoms with van der Waals surface area (Å²) in [5.74, 6) is 0.152. The van der Waals surface area contributed by atoms with Crippen molar-refractivity contribution in [2.45, 2.75) is 32.2 Å². The third kappa shape index (κ3) is 4.23. The fraction of sp³-hybridized carbons (Fsp3) is 0.368. The van der Waals surface area contributed by atoms with E-state index in [0.717, 1.165) is 28.8 Å². The molecule has 2 amide bonds. The number of amides is 2. The van der Waals surface area contributed by atoms with Gasteiger partial charge in [-0.1, -0.05) is 23.8 Å². The van der Waals surface area contributed by atoms with Crippen LogP contribution in [0.15, 0.2) is 41.8 Å². The highest BCUT2D eigenvalue weighted by Crippen LogP contribution is 2.15. The molecule has 126 valence electrons. The van der Waals surface area contributed by atoms with E-state index in [1.807, 2.05) is 53.6 Å². The zero-order valence-corrected chi connectivity index (χ0v) is 14.6. The van der Waals surface area contributed by atoms with E-state index < -0.39 is 0 Å². The molecule has 0 aliphatic carbocycles. The lowest BCUT2D eigenvalue weighted by Crippen LogP contribution is -2.46. The smallest absolute Gasteiger partial charge is 0.253 e. The van der Waals surface area contributed by atoms with E-state index in [0.29, 0.717) is 19.5 Å². The molecule has 3 rings (SSSR count). The summed E-state index contributed by atoms with van der Waals surface area (Å²) < 4.78 is 0. The first-order chi connectivity index (χ1) is 11.6. The maximum absolute atomic E-state index is 12.5. The first kappa shape index (κ1) is 16.7. The molecule has 0 spiro atoms. The van der Waals surface area contributed by atoms with Gasteiger partial charge < -0.3 is 10.2 Å². The Morgan fingerprint density at radius 2 is 1.88 bits per heavy atom. The summed E-state index contributed by atoms with van der Waals surface area (Å²) in [6.45, 7) is 3.39. The molecule has 1 aromatic heterocycles. The zero-order valence-electron chi connectivity index (χ0n) is 13.8. The summed E-state index contributed by atoms with van der Waals surface area (Å²) in [5.41, 5.74) is 1.89. The minimum Gasteiger partial charge on any atom is -0.353 e. The minimum absolute atomic E-state index is 0.0701. The number of carbonyl (C=O) groups excluding carboxylic acids is 2. The van der Waals surface area contributed by atoms with Crippen LogP contribution in [0.25, 0.3) is 0 Å². The van der Waals surface area contributed by atoms with Crippen molar-refractivity contribution >= 4 is 23.2 Å². The summed E-state index contributed by atoms with van der Waals surface area (Å²) in [5, 5.41) is 5.08. The predicted molar refractivity (Wildman–Crippen MR) is 96.3 cm³/mol. The lowest BCUT2D eigenvalue weighted by Gasteiger charge is -2.32. The van der Waals surface area contributed by atoms with E-state index in [-0.39, 0.29) is 17.9 Å². The van der Waals surface area contributed by atoms with E-state index >= 15 is 0 Å². The quantitative estimate of drug-likeness (QED) is 0.928. The van der Waals surface area contributed by atoms with Gasteiger partial charge in [-0.15, -0.1) is 11.3 Å². The molecule has 0 saturated carbocycles. The predicted octanol–water partition coefficient (Wildman–Crippen LogP) is 3.02. The molecule has 24 heavy (non-hydrogen) atoms. The molecule has 1 aromatic carbocycles. The lowest BCUT2D eigenvalue weighted by molar-refractivity contribution is -0.121. The van der Waals surface area contributed by atoms with Crippen molar-refractivity contribution in [2.75, 3.05) is 13.1 Å². The topological polar surface area (TPSA) is 49.4 Å². The number of nitrogens with zero attached hydrogens (tertiary/aromatic N) is 1. The van der Waals surface area contributed by atoms with Gasteiger partial charge in [0, 0.05) is 29.6 Å². The second-order valence-corrected chi connectivity index (χ2v) is 7.29. The number of piperidine rings is 1. The van der Waals surface area contributed by atoms with Gasteiger partial charge in [-0.3, -0.25) is 9.59 Å². The molecule has 0 bridgehead atoms. The molecule has 4 nitrogen and oxygen atoms in total. The molecule has 2 aromatic rings. The summed E-state index contributed by atoms with van der Waals surface area (Å²) >= 11 is 1.60. The largest absolute Gasteiger partial charge is 0.353 e. The lowest BCUT2D eigenvalue weighted by atomic mass is 10.0. The Labute approximate surface area is 146 Å². The number of nitrogens with one attached hydrogen (secondary N) is 1. The number of likely N-dealkylation sites (tertiary alicyclic amines) is 1. The van der Waals surface area contributed by atoms with Crippen LogP contribution in [-0.2, 0) is 11.2 Å². The Hall–Kier alpha value is -2.14. The Balaban J connectivity index is 1.47. The van der Waals surface area contributed by atoms with Crippen LogP contribution in [-0.4, -0.2) is 35.8 Å². The highest BCUT2D eigenvalue weighted by molar-refractivity contribution is 7.10. The van der Waals surface area contributed by atoms with Gasteiger partial charge in [0.25, 0.3) is 5.91 Å². The molecule has 1 fully saturated rings. The van der Waals surface area contributed by atoms with Crippen molar-refractivity contribution in [1.29, 1.82) is 0 Å². The Bertz CT molecular complexity index is 687. The number of rotatable bonds is 4. The normalized spacial score (nSPS) is 15.3. The zero-order chi connectivity index (χ0) is 16.9. The van der Waals surface area contributed by atoms with E-state index in [1.165, 1.54) is 0 Å². The van der Waals surface area contributed by atoms with Crippen LogP contribution >= 0.6 is 11.3 Å². The van der Waals surface area contributed by atoms with E-state index in [2.05, 4.69) is 5.32 Å². The highest BCUT2D eigenvalue weighted by Gasteiger charge is 2.24. The summed E-state index contributed by atoms with van der Waals surface area (Å²) in [6.07, 6.45) is 2.07. The maximum Gasteiger partial charge on any atom is 0.253 e. The molecule has 0 radical (unpaired) electrons. The fourth-order valence-corrected chi connectivity index (χ4v) is 3.66. The molecular formula is C19H22N2O2S. The molecule has 1 saturated heterocycles. The van der Waals surface area contributed by atoms with Gasteiger partial charge in [-0.25, -0.2) is 0 Å². The number of benzene rings is 1. The molecule has 5 heteroatoms. The second-order valence-electron chi connectivity index (χ2n) is 6.26. The van der Waals surface area contributed by atoms with Crippen molar-refractivity contribution in [3.63, 3.8) is 0 Å². The van der Waals surface area contributed by atoms with Crippen LogP contribution < -0.4 is 5.32 Å². The minimum atomic E-state index is 0.0701. The van der Waals surface area contributed by atoms with Gasteiger partial charge in [0.15, 0.2) is 0 Å². The van der Waals surface area contributed by atoms with Crippen LogP contribution in [0.2, 0.25) is 0 Å². The molecular weight excluding hydrogens is 320 g/mol. The van der Waals surface area contributed by atoms with Crippen molar-refractivity contribution in [3.8, 4) is 0 Å². The van der Waals surface area contributed by atoms with Crippen molar-refractivity contribution < 1.29 is 9.59 Å². The molecule has 1 aliphatic rings. The van der Waals surface area contributed by atoms with Crippen LogP contribution in [0.3, 0.4) is 0 Å². The fourth-order valence-electron chi connectivity index (χ4n) is 2.96. The maximum atomic E-state index is 12.5. The molecule has 2 heterocycles. The number of carbonyl (C=O) groups is 2. The summed E-state index contributed by atoms with van der Waals surface area (Å²) in [6, 6.07) is 11.8. The molecule has 0 unspecified atom stereocenters. The first-order valence-corrected chi connectivity index (χ1v) is 9.17. The third-order valence-corrected chi connectivity index (χ3v) is 5.24.